The average Bonchev–Trinajstić information content (AvgIpc) is 3.26. The monoisotopic (exact) mass is 480 g/mol. The Bertz CT molecular complexity index is 835. The molecule has 0 saturated carbocycles. The van der Waals surface area contributed by atoms with Crippen molar-refractivity contribution in [2.24, 2.45) is 0 Å². The van der Waals surface area contributed by atoms with Crippen LogP contribution >= 0.6 is 34.5 Å². The third kappa shape index (κ3) is 5.94. The average molecular weight is 482 g/mol. The van der Waals surface area contributed by atoms with E-state index >= 15 is 0 Å². The number of halogens is 2. The third-order valence-corrected chi connectivity index (χ3v) is 8.41. The highest BCUT2D eigenvalue weighted by atomic mass is 35.5. The van der Waals surface area contributed by atoms with E-state index in [0.29, 0.717) is 16.1 Å². The number of thiazole rings is 1. The summed E-state index contributed by atoms with van der Waals surface area (Å²) in [6.07, 6.45) is 7.42. The molecule has 1 aromatic carbocycles. The number of fused-ring (bicyclic) bond motifs is 1. The van der Waals surface area contributed by atoms with Crippen LogP contribution in [0, 0.1) is 0 Å². The largest absolute Gasteiger partial charge is 0.368 e. The van der Waals surface area contributed by atoms with Crippen molar-refractivity contribution in [1.29, 1.82) is 0 Å². The van der Waals surface area contributed by atoms with Gasteiger partial charge in [0.25, 0.3) is 0 Å². The van der Waals surface area contributed by atoms with Crippen LogP contribution in [0.3, 0.4) is 0 Å². The van der Waals surface area contributed by atoms with Crippen LogP contribution in [0.2, 0.25) is 10.0 Å². The van der Waals surface area contributed by atoms with Crippen molar-refractivity contribution >= 4 is 40.2 Å². The number of piperazine rings is 1. The van der Waals surface area contributed by atoms with Crippen LogP contribution in [0.5, 0.6) is 0 Å². The zero-order valence-electron chi connectivity index (χ0n) is 18.5. The van der Waals surface area contributed by atoms with Gasteiger partial charge >= 0.3 is 0 Å². The van der Waals surface area contributed by atoms with Crippen LogP contribution in [-0.2, 0) is 12.8 Å². The highest BCUT2D eigenvalue weighted by Crippen LogP contribution is 2.33. The van der Waals surface area contributed by atoms with Gasteiger partial charge in [-0.2, -0.15) is 0 Å². The fraction of sp³-hybridized carbons (Fsp3) is 0.625. The molecule has 0 radical (unpaired) electrons. The zero-order valence-corrected chi connectivity index (χ0v) is 20.9. The molecule has 0 bridgehead atoms. The molecule has 4 nitrogen and oxygen atoms in total. The van der Waals surface area contributed by atoms with Crippen molar-refractivity contribution in [3.05, 3.63) is 44.3 Å². The molecule has 31 heavy (non-hydrogen) atoms. The molecule has 2 aromatic rings. The van der Waals surface area contributed by atoms with Crippen LogP contribution < -0.4 is 4.90 Å². The molecular weight excluding hydrogens is 447 g/mol. The first-order valence-electron chi connectivity index (χ1n) is 11.7. The molecule has 0 spiro atoms. The Morgan fingerprint density at radius 3 is 2.77 bits per heavy atom. The van der Waals surface area contributed by atoms with E-state index < -0.39 is 0 Å². The second-order valence-electron chi connectivity index (χ2n) is 8.76. The first kappa shape index (κ1) is 23.3. The molecule has 170 valence electrons. The molecule has 1 aromatic heterocycles. The number of aryl methyl sites for hydroxylation is 1. The van der Waals surface area contributed by atoms with E-state index in [1.165, 1.54) is 62.3 Å². The minimum atomic E-state index is 0.641. The van der Waals surface area contributed by atoms with Gasteiger partial charge in [-0.25, -0.2) is 4.98 Å². The molecule has 4 rings (SSSR count). The van der Waals surface area contributed by atoms with Gasteiger partial charge in [-0.15, -0.1) is 11.3 Å². The molecular formula is C24H34Cl2N4S. The molecule has 1 fully saturated rings. The van der Waals surface area contributed by atoms with E-state index in [2.05, 4.69) is 32.7 Å². The molecule has 1 atom stereocenters. The minimum Gasteiger partial charge on any atom is -0.368 e. The minimum absolute atomic E-state index is 0.641. The van der Waals surface area contributed by atoms with Crippen molar-refractivity contribution in [2.75, 3.05) is 50.7 Å². The maximum atomic E-state index is 6.41. The summed E-state index contributed by atoms with van der Waals surface area (Å²) >= 11 is 14.5. The lowest BCUT2D eigenvalue weighted by Crippen LogP contribution is -2.47. The van der Waals surface area contributed by atoms with Gasteiger partial charge in [0.15, 0.2) is 0 Å². The first-order valence-corrected chi connectivity index (χ1v) is 13.4. The van der Waals surface area contributed by atoms with Crippen molar-refractivity contribution in [2.45, 2.75) is 51.5 Å². The Balaban J connectivity index is 1.19. The van der Waals surface area contributed by atoms with Crippen molar-refractivity contribution < 1.29 is 0 Å². The zero-order chi connectivity index (χ0) is 21.6. The summed E-state index contributed by atoms with van der Waals surface area (Å²) in [6, 6.07) is 6.63. The van der Waals surface area contributed by atoms with Crippen LogP contribution in [0.15, 0.2) is 23.7 Å². The maximum Gasteiger partial charge on any atom is 0.0825 e. The van der Waals surface area contributed by atoms with E-state index in [1.54, 1.807) is 0 Å². The molecule has 0 N–H and O–H groups in total. The summed E-state index contributed by atoms with van der Waals surface area (Å²) in [7, 11) is 0. The van der Waals surface area contributed by atoms with E-state index in [0.717, 1.165) is 38.3 Å². The summed E-state index contributed by atoms with van der Waals surface area (Å²) in [5.74, 6) is 0. The fourth-order valence-electron chi connectivity index (χ4n) is 4.96. The van der Waals surface area contributed by atoms with Gasteiger partial charge in [-0.1, -0.05) is 36.2 Å². The van der Waals surface area contributed by atoms with E-state index in [-0.39, 0.29) is 0 Å². The number of hydrogen-bond acceptors (Lipinski definition) is 5. The number of rotatable bonds is 9. The fourth-order valence-corrected chi connectivity index (χ4v) is 6.26. The van der Waals surface area contributed by atoms with E-state index in [9.17, 15) is 0 Å². The quantitative estimate of drug-likeness (QED) is 0.434. The van der Waals surface area contributed by atoms with Gasteiger partial charge in [0.1, 0.15) is 0 Å². The summed E-state index contributed by atoms with van der Waals surface area (Å²) in [5, 5.41) is 1.32. The topological polar surface area (TPSA) is 22.6 Å². The van der Waals surface area contributed by atoms with Gasteiger partial charge in [0, 0.05) is 37.1 Å². The molecule has 2 aliphatic rings. The first-order chi connectivity index (χ1) is 15.2. The molecule has 2 heterocycles. The van der Waals surface area contributed by atoms with Gasteiger partial charge in [0.05, 0.1) is 26.9 Å². The highest BCUT2D eigenvalue weighted by molar-refractivity contribution is 7.09. The Morgan fingerprint density at radius 1 is 1.13 bits per heavy atom. The predicted molar refractivity (Wildman–Crippen MR) is 134 cm³/mol. The Labute approximate surface area is 201 Å². The number of hydrogen-bond donors (Lipinski definition) is 0. The second-order valence-corrected chi connectivity index (χ2v) is 10.5. The SMILES string of the molecule is CCCN(CCCCN1CCN(c2cccc(Cl)c2Cl)CC1)C1CCc2ncsc2C1. The summed E-state index contributed by atoms with van der Waals surface area (Å²) < 4.78 is 0. The Hall–Kier alpha value is -0.850. The number of benzene rings is 1. The van der Waals surface area contributed by atoms with E-state index in [4.69, 9.17) is 23.2 Å². The Morgan fingerprint density at radius 2 is 1.97 bits per heavy atom. The van der Waals surface area contributed by atoms with Gasteiger partial charge < -0.3 is 9.80 Å². The molecule has 1 unspecified atom stereocenters. The van der Waals surface area contributed by atoms with Crippen molar-refractivity contribution in [3.63, 3.8) is 0 Å². The lowest BCUT2D eigenvalue weighted by atomic mass is 9.96. The Kier molecular flexibility index (Phi) is 8.52. The number of aromatic nitrogens is 1. The standard InChI is InChI=1S/C24H34Cl2N4S/c1-2-10-29(19-8-9-21-23(17-19)31-18-27-21)12-4-3-11-28-13-15-30(16-14-28)22-7-5-6-20(25)24(22)26/h5-7,18-19H,2-4,8-17H2,1H3. The summed E-state index contributed by atoms with van der Waals surface area (Å²) in [6.45, 7) is 10.2. The molecule has 7 heteroatoms. The third-order valence-electron chi connectivity index (χ3n) is 6.70. The van der Waals surface area contributed by atoms with Crippen LogP contribution in [-0.4, -0.2) is 66.6 Å². The normalized spacial score (nSPS) is 19.7. The number of unbranched alkanes of at least 4 members (excludes halogenated alkanes) is 1. The summed E-state index contributed by atoms with van der Waals surface area (Å²) in [4.78, 5) is 13.8. The maximum absolute atomic E-state index is 6.41. The molecule has 1 aliphatic carbocycles. The number of anilines is 1. The number of nitrogens with zero attached hydrogens (tertiary/aromatic N) is 4. The highest BCUT2D eigenvalue weighted by Gasteiger charge is 2.25. The summed E-state index contributed by atoms with van der Waals surface area (Å²) in [5.41, 5.74) is 4.45. The van der Waals surface area contributed by atoms with Gasteiger partial charge in [0.2, 0.25) is 0 Å². The molecule has 1 aliphatic heterocycles. The van der Waals surface area contributed by atoms with Crippen molar-refractivity contribution in [3.8, 4) is 0 Å². The molecule has 0 amide bonds. The van der Waals surface area contributed by atoms with Crippen molar-refractivity contribution in [1.82, 2.24) is 14.8 Å². The second kappa shape index (κ2) is 11.3. The smallest absolute Gasteiger partial charge is 0.0825 e. The van der Waals surface area contributed by atoms with Gasteiger partial charge in [-0.05, 0) is 70.3 Å². The van der Waals surface area contributed by atoms with E-state index in [1.807, 2.05) is 29.0 Å². The van der Waals surface area contributed by atoms with Crippen LogP contribution in [0.1, 0.15) is 43.2 Å². The predicted octanol–water partition coefficient (Wildman–Crippen LogP) is 5.62. The lowest BCUT2D eigenvalue weighted by Gasteiger charge is -2.37. The van der Waals surface area contributed by atoms with Crippen LogP contribution in [0.4, 0.5) is 5.69 Å². The van der Waals surface area contributed by atoms with Crippen LogP contribution in [0.25, 0.3) is 0 Å². The lowest BCUT2D eigenvalue weighted by molar-refractivity contribution is 0.171. The van der Waals surface area contributed by atoms with Gasteiger partial charge in [-0.3, -0.25) is 4.90 Å². The molecule has 1 saturated heterocycles.